The standard InChI is InChI=1S/C8H7N5S/c14-5-9-4-7-12-3-6-8(13-7)11-2-1-10-6/h1-3,5H,4H2,(H,9,14). The SMILES string of the molecule is S=CNCc1ncc2nccnc2n1. The number of hydrogen-bond donors (Lipinski definition) is 1. The number of fused-ring (bicyclic) bond motifs is 1. The molecule has 2 aromatic heterocycles. The fraction of sp³-hybridized carbons (Fsp3) is 0.125. The maximum absolute atomic E-state index is 4.63. The molecule has 0 spiro atoms. The molecule has 0 aliphatic heterocycles. The summed E-state index contributed by atoms with van der Waals surface area (Å²) in [5.41, 5.74) is 2.73. The first-order chi connectivity index (χ1) is 6.90. The third-order valence-electron chi connectivity index (χ3n) is 1.62. The molecule has 2 aromatic rings. The fourth-order valence-corrected chi connectivity index (χ4v) is 1.11. The topological polar surface area (TPSA) is 63.6 Å². The van der Waals surface area contributed by atoms with E-state index in [0.29, 0.717) is 23.5 Å². The average Bonchev–Trinajstić information content (AvgIpc) is 2.26. The van der Waals surface area contributed by atoms with E-state index in [2.05, 4.69) is 37.5 Å². The van der Waals surface area contributed by atoms with E-state index < -0.39 is 0 Å². The van der Waals surface area contributed by atoms with Crippen molar-refractivity contribution in [2.24, 2.45) is 0 Å². The first-order valence-corrected chi connectivity index (χ1v) is 4.47. The van der Waals surface area contributed by atoms with Gasteiger partial charge < -0.3 is 5.32 Å². The van der Waals surface area contributed by atoms with E-state index in [-0.39, 0.29) is 0 Å². The third-order valence-corrected chi connectivity index (χ3v) is 1.79. The normalized spacial score (nSPS) is 10.0. The zero-order valence-electron chi connectivity index (χ0n) is 7.21. The van der Waals surface area contributed by atoms with Crippen molar-refractivity contribution in [3.63, 3.8) is 0 Å². The molecule has 5 nitrogen and oxygen atoms in total. The molecule has 2 heterocycles. The second kappa shape index (κ2) is 4.01. The Labute approximate surface area is 85.6 Å². The lowest BCUT2D eigenvalue weighted by molar-refractivity contribution is 0.847. The Hall–Kier alpha value is -1.69. The van der Waals surface area contributed by atoms with Crippen LogP contribution in [0.2, 0.25) is 0 Å². The minimum Gasteiger partial charge on any atom is -0.375 e. The van der Waals surface area contributed by atoms with E-state index in [1.807, 2.05) is 0 Å². The summed E-state index contributed by atoms with van der Waals surface area (Å²) in [5, 5.41) is 2.85. The molecule has 0 atom stereocenters. The molecule has 0 radical (unpaired) electrons. The molecule has 2 rings (SSSR count). The Morgan fingerprint density at radius 1 is 1.29 bits per heavy atom. The molecule has 0 unspecified atom stereocenters. The molecule has 6 heteroatoms. The molecule has 0 saturated heterocycles. The zero-order valence-corrected chi connectivity index (χ0v) is 8.03. The molecule has 1 N–H and O–H groups in total. The Balaban J connectivity index is 2.36. The molecular weight excluding hydrogens is 198 g/mol. The summed E-state index contributed by atoms with van der Waals surface area (Å²) < 4.78 is 0. The van der Waals surface area contributed by atoms with Crippen molar-refractivity contribution < 1.29 is 0 Å². The molecular formula is C8H7N5S. The first-order valence-electron chi connectivity index (χ1n) is 4.00. The number of hydrogen-bond acceptors (Lipinski definition) is 5. The highest BCUT2D eigenvalue weighted by molar-refractivity contribution is 7.78. The number of nitrogens with zero attached hydrogens (tertiary/aromatic N) is 4. The predicted molar refractivity (Wildman–Crippen MR) is 55.6 cm³/mol. The van der Waals surface area contributed by atoms with Gasteiger partial charge in [-0.1, -0.05) is 12.2 Å². The van der Waals surface area contributed by atoms with Gasteiger partial charge in [-0.05, 0) is 0 Å². The Morgan fingerprint density at radius 2 is 2.14 bits per heavy atom. The van der Waals surface area contributed by atoms with E-state index in [1.165, 1.54) is 5.49 Å². The van der Waals surface area contributed by atoms with Gasteiger partial charge in [0.15, 0.2) is 5.65 Å². The van der Waals surface area contributed by atoms with E-state index in [9.17, 15) is 0 Å². The molecule has 0 bridgehead atoms. The summed E-state index contributed by atoms with van der Waals surface area (Å²) in [7, 11) is 0. The van der Waals surface area contributed by atoms with Gasteiger partial charge in [0.05, 0.1) is 18.2 Å². The summed E-state index contributed by atoms with van der Waals surface area (Å²) in [4.78, 5) is 16.4. The molecule has 0 aliphatic rings. The van der Waals surface area contributed by atoms with Gasteiger partial charge in [0.1, 0.15) is 11.3 Å². The molecule has 14 heavy (non-hydrogen) atoms. The van der Waals surface area contributed by atoms with Crippen LogP contribution in [-0.4, -0.2) is 25.4 Å². The highest BCUT2D eigenvalue weighted by atomic mass is 32.1. The number of nitrogens with one attached hydrogen (secondary N) is 1. The highest BCUT2D eigenvalue weighted by Crippen LogP contribution is 2.02. The van der Waals surface area contributed by atoms with Gasteiger partial charge in [-0.15, -0.1) is 0 Å². The summed E-state index contributed by atoms with van der Waals surface area (Å²) in [6.45, 7) is 0.510. The predicted octanol–water partition coefficient (Wildman–Crippen LogP) is 0.467. The van der Waals surface area contributed by atoms with Gasteiger partial charge in [0.2, 0.25) is 0 Å². The van der Waals surface area contributed by atoms with Crippen LogP contribution in [0.3, 0.4) is 0 Å². The van der Waals surface area contributed by atoms with Crippen LogP contribution < -0.4 is 5.32 Å². The maximum Gasteiger partial charge on any atom is 0.181 e. The molecule has 70 valence electrons. The van der Waals surface area contributed by atoms with E-state index in [4.69, 9.17) is 0 Å². The van der Waals surface area contributed by atoms with Gasteiger partial charge in [0, 0.05) is 12.4 Å². The lowest BCUT2D eigenvalue weighted by Crippen LogP contribution is -2.11. The maximum atomic E-state index is 4.63. The summed E-state index contributed by atoms with van der Waals surface area (Å²) in [6.07, 6.45) is 4.86. The van der Waals surface area contributed by atoms with Gasteiger partial charge in [0.25, 0.3) is 0 Å². The van der Waals surface area contributed by atoms with Crippen LogP contribution in [0.25, 0.3) is 11.2 Å². The second-order valence-electron chi connectivity index (χ2n) is 2.55. The first kappa shape index (κ1) is 8.89. The van der Waals surface area contributed by atoms with Crippen molar-refractivity contribution in [3.8, 4) is 0 Å². The Kier molecular flexibility index (Phi) is 2.55. The van der Waals surface area contributed by atoms with Gasteiger partial charge in [-0.2, -0.15) is 0 Å². The Morgan fingerprint density at radius 3 is 3.00 bits per heavy atom. The Bertz CT molecular complexity index is 458. The molecule has 0 amide bonds. The van der Waals surface area contributed by atoms with E-state index >= 15 is 0 Å². The van der Waals surface area contributed by atoms with Gasteiger partial charge >= 0.3 is 0 Å². The minimum atomic E-state index is 0.510. The molecule has 0 aliphatic carbocycles. The number of aromatic nitrogens is 4. The molecule has 0 saturated carbocycles. The fourth-order valence-electron chi connectivity index (χ4n) is 1.02. The smallest absolute Gasteiger partial charge is 0.181 e. The number of thiocarbonyl (C=S) groups is 1. The summed E-state index contributed by atoms with van der Waals surface area (Å²) in [5.74, 6) is 0.652. The summed E-state index contributed by atoms with van der Waals surface area (Å²) >= 11 is 4.63. The van der Waals surface area contributed by atoms with E-state index in [0.717, 1.165) is 0 Å². The van der Waals surface area contributed by atoms with Crippen LogP contribution in [0, 0.1) is 0 Å². The summed E-state index contributed by atoms with van der Waals surface area (Å²) in [6, 6.07) is 0. The van der Waals surface area contributed by atoms with Crippen LogP contribution >= 0.6 is 12.2 Å². The van der Waals surface area contributed by atoms with Crippen molar-refractivity contribution >= 4 is 28.9 Å². The lowest BCUT2D eigenvalue weighted by Gasteiger charge is -1.99. The lowest BCUT2D eigenvalue weighted by atomic mass is 10.5. The van der Waals surface area contributed by atoms with Crippen LogP contribution in [-0.2, 0) is 6.54 Å². The van der Waals surface area contributed by atoms with Crippen molar-refractivity contribution in [3.05, 3.63) is 24.4 Å². The third kappa shape index (κ3) is 1.80. The van der Waals surface area contributed by atoms with Crippen molar-refractivity contribution in [2.75, 3.05) is 0 Å². The highest BCUT2D eigenvalue weighted by Gasteiger charge is 1.99. The number of rotatable bonds is 3. The van der Waals surface area contributed by atoms with Crippen LogP contribution in [0.1, 0.15) is 5.82 Å². The van der Waals surface area contributed by atoms with Crippen LogP contribution in [0.15, 0.2) is 18.6 Å². The van der Waals surface area contributed by atoms with Crippen LogP contribution in [0.4, 0.5) is 0 Å². The largest absolute Gasteiger partial charge is 0.375 e. The molecule has 0 fully saturated rings. The monoisotopic (exact) mass is 205 g/mol. The van der Waals surface area contributed by atoms with Crippen molar-refractivity contribution in [1.82, 2.24) is 25.3 Å². The van der Waals surface area contributed by atoms with Gasteiger partial charge in [-0.3, -0.25) is 0 Å². The average molecular weight is 205 g/mol. The van der Waals surface area contributed by atoms with Crippen molar-refractivity contribution in [1.29, 1.82) is 0 Å². The zero-order chi connectivity index (χ0) is 9.80. The second-order valence-corrected chi connectivity index (χ2v) is 2.79. The van der Waals surface area contributed by atoms with E-state index in [1.54, 1.807) is 18.6 Å². The minimum absolute atomic E-state index is 0.510. The van der Waals surface area contributed by atoms with Gasteiger partial charge in [-0.25, -0.2) is 19.9 Å². The van der Waals surface area contributed by atoms with Crippen LogP contribution in [0.5, 0.6) is 0 Å². The molecule has 0 aromatic carbocycles. The van der Waals surface area contributed by atoms with Crippen molar-refractivity contribution in [2.45, 2.75) is 6.54 Å². The quantitative estimate of drug-likeness (QED) is 0.735.